The summed E-state index contributed by atoms with van der Waals surface area (Å²) < 4.78 is 45.3. The molecule has 0 unspecified atom stereocenters. The van der Waals surface area contributed by atoms with E-state index in [0.29, 0.717) is 45.7 Å². The lowest BCUT2D eigenvalue weighted by atomic mass is 10.0. The first-order valence-corrected chi connectivity index (χ1v) is 19.9. The van der Waals surface area contributed by atoms with E-state index >= 15 is 0 Å². The van der Waals surface area contributed by atoms with E-state index in [2.05, 4.69) is 53.1 Å². The Kier molecular flexibility index (Phi) is 7.77. The SMILES string of the molecule is [2H]c1c([2H])c([2H])c(-c2cc(-c3ccc(-n4c5ccccc5c5cc(-c6ccccc6)ccc54)c(-c4nc(-c5ccccc5)nc(-c5ccccc5)n4)c3)nc(-c3ccccc3)n2)c([2H])c1[2H]. The molecular formula is C55H36N6. The van der Waals surface area contributed by atoms with Crippen LogP contribution >= 0.6 is 0 Å². The van der Waals surface area contributed by atoms with Gasteiger partial charge < -0.3 is 4.57 Å². The van der Waals surface area contributed by atoms with Gasteiger partial charge in [0.15, 0.2) is 23.3 Å². The van der Waals surface area contributed by atoms with E-state index in [1.165, 1.54) is 0 Å². The normalized spacial score (nSPS) is 12.4. The van der Waals surface area contributed by atoms with E-state index < -0.39 is 18.1 Å². The molecule has 0 amide bonds. The summed E-state index contributed by atoms with van der Waals surface area (Å²) in [7, 11) is 0. The summed E-state index contributed by atoms with van der Waals surface area (Å²) in [5, 5.41) is 2.16. The van der Waals surface area contributed by atoms with E-state index in [0.717, 1.165) is 49.7 Å². The van der Waals surface area contributed by atoms with Crippen molar-refractivity contribution in [1.82, 2.24) is 29.5 Å². The van der Waals surface area contributed by atoms with Crippen LogP contribution in [0.25, 0.3) is 107 Å². The van der Waals surface area contributed by atoms with Gasteiger partial charge in [0.1, 0.15) is 0 Å². The summed E-state index contributed by atoms with van der Waals surface area (Å²) in [5.74, 6) is 1.76. The fraction of sp³-hybridized carbons (Fsp3) is 0. The maximum Gasteiger partial charge on any atom is 0.166 e. The van der Waals surface area contributed by atoms with Gasteiger partial charge in [0, 0.05) is 44.2 Å². The predicted molar refractivity (Wildman–Crippen MR) is 248 cm³/mol. The van der Waals surface area contributed by atoms with E-state index in [4.69, 9.17) is 31.8 Å². The quantitative estimate of drug-likeness (QED) is 0.153. The Morgan fingerprint density at radius 1 is 0.328 bits per heavy atom. The summed E-state index contributed by atoms with van der Waals surface area (Å²) in [4.78, 5) is 25.4. The summed E-state index contributed by atoms with van der Waals surface area (Å²) in [6, 6.07) is 60.0. The number of nitrogens with zero attached hydrogens (tertiary/aromatic N) is 6. The molecule has 11 rings (SSSR count). The molecule has 0 saturated heterocycles. The molecule has 61 heavy (non-hydrogen) atoms. The molecule has 0 saturated carbocycles. The Balaban J connectivity index is 1.21. The molecule has 8 aromatic carbocycles. The average molecular weight is 786 g/mol. The molecule has 0 spiro atoms. The second-order valence-corrected chi connectivity index (χ2v) is 14.5. The number of hydrogen-bond acceptors (Lipinski definition) is 5. The molecule has 3 aromatic heterocycles. The molecule has 0 atom stereocenters. The van der Waals surface area contributed by atoms with Gasteiger partial charge in [0.05, 0.1) is 35.0 Å². The van der Waals surface area contributed by atoms with Crippen LogP contribution in [0.1, 0.15) is 6.85 Å². The van der Waals surface area contributed by atoms with Crippen LogP contribution in [0.3, 0.4) is 0 Å². The number of hydrogen-bond donors (Lipinski definition) is 0. The van der Waals surface area contributed by atoms with Gasteiger partial charge in [-0.05, 0) is 47.5 Å². The predicted octanol–water partition coefficient (Wildman–Crippen LogP) is 13.4. The Hall–Kier alpha value is -8.35. The third kappa shape index (κ3) is 6.82. The number of aromatic nitrogens is 6. The minimum atomic E-state index is -0.477. The van der Waals surface area contributed by atoms with Crippen LogP contribution in [0.4, 0.5) is 0 Å². The second-order valence-electron chi connectivity index (χ2n) is 14.5. The van der Waals surface area contributed by atoms with Gasteiger partial charge in [-0.1, -0.05) is 182 Å². The van der Waals surface area contributed by atoms with Crippen molar-refractivity contribution < 1.29 is 6.85 Å². The number of benzene rings is 8. The second kappa shape index (κ2) is 15.4. The Morgan fingerprint density at radius 2 is 0.820 bits per heavy atom. The van der Waals surface area contributed by atoms with Crippen LogP contribution in [0.15, 0.2) is 218 Å². The third-order valence-electron chi connectivity index (χ3n) is 10.8. The third-order valence-corrected chi connectivity index (χ3v) is 10.8. The van der Waals surface area contributed by atoms with Crippen molar-refractivity contribution in [3.05, 3.63) is 218 Å². The van der Waals surface area contributed by atoms with Gasteiger partial charge in [-0.25, -0.2) is 24.9 Å². The molecule has 6 heteroatoms. The number of para-hydroxylation sites is 1. The fourth-order valence-corrected chi connectivity index (χ4v) is 7.86. The number of rotatable bonds is 8. The summed E-state index contributed by atoms with van der Waals surface area (Å²) in [5.41, 5.74) is 9.35. The molecule has 0 aliphatic rings. The van der Waals surface area contributed by atoms with Crippen molar-refractivity contribution in [1.29, 1.82) is 0 Å². The summed E-state index contributed by atoms with van der Waals surface area (Å²) in [6.07, 6.45) is 0. The van der Waals surface area contributed by atoms with Crippen LogP contribution < -0.4 is 0 Å². The maximum atomic E-state index is 8.90. The fourth-order valence-electron chi connectivity index (χ4n) is 7.86. The molecule has 0 aliphatic heterocycles. The van der Waals surface area contributed by atoms with Crippen molar-refractivity contribution in [3.8, 4) is 84.9 Å². The standard InChI is InChI=1S/C55H36N6/c1-6-18-37(19-7-1)42-30-32-50-45(34-42)44-28-16-17-29-49(44)61(50)51-33-31-43(48-36-47(38-20-8-2-9-21-38)56-52(57-48)39-22-10-3-11-23-39)35-46(51)55-59-53(40-24-12-4-13-25-40)58-54(60-55)41-26-14-5-15-27-41/h1-36H/i2D,8D,9D,20D,21D. The first kappa shape index (κ1) is 30.7. The minimum absolute atomic E-state index is 0.0173. The largest absolute Gasteiger partial charge is 0.309 e. The highest BCUT2D eigenvalue weighted by molar-refractivity contribution is 6.11. The van der Waals surface area contributed by atoms with Crippen LogP contribution in [-0.4, -0.2) is 29.5 Å². The molecule has 0 bridgehead atoms. The monoisotopic (exact) mass is 785 g/mol. The van der Waals surface area contributed by atoms with Gasteiger partial charge in [0.2, 0.25) is 0 Å². The first-order valence-electron chi connectivity index (χ1n) is 22.4. The lowest BCUT2D eigenvalue weighted by Crippen LogP contribution is -2.04. The summed E-state index contributed by atoms with van der Waals surface area (Å²) >= 11 is 0. The van der Waals surface area contributed by atoms with Crippen LogP contribution in [0.5, 0.6) is 0 Å². The highest BCUT2D eigenvalue weighted by Gasteiger charge is 2.22. The van der Waals surface area contributed by atoms with E-state index in [1.54, 1.807) is 6.07 Å². The van der Waals surface area contributed by atoms with Crippen LogP contribution in [-0.2, 0) is 0 Å². The number of fused-ring (bicyclic) bond motifs is 3. The molecule has 286 valence electrons. The smallest absolute Gasteiger partial charge is 0.166 e. The van der Waals surface area contributed by atoms with Crippen molar-refractivity contribution in [3.63, 3.8) is 0 Å². The molecule has 3 heterocycles. The van der Waals surface area contributed by atoms with Gasteiger partial charge in [-0.3, -0.25) is 0 Å². The van der Waals surface area contributed by atoms with Gasteiger partial charge in [-0.15, -0.1) is 0 Å². The average Bonchev–Trinajstić information content (AvgIpc) is 3.71. The Labute approximate surface area is 360 Å². The molecule has 0 fully saturated rings. The molecule has 0 radical (unpaired) electrons. The van der Waals surface area contributed by atoms with E-state index in [9.17, 15) is 0 Å². The zero-order valence-corrected chi connectivity index (χ0v) is 32.6. The molecule has 0 aliphatic carbocycles. The highest BCUT2D eigenvalue weighted by atomic mass is 15.1. The van der Waals surface area contributed by atoms with E-state index in [1.807, 2.05) is 133 Å². The lowest BCUT2D eigenvalue weighted by molar-refractivity contribution is 1.06. The zero-order chi connectivity index (χ0) is 44.9. The van der Waals surface area contributed by atoms with Crippen molar-refractivity contribution in [2.75, 3.05) is 0 Å². The van der Waals surface area contributed by atoms with Gasteiger partial charge >= 0.3 is 0 Å². The van der Waals surface area contributed by atoms with Crippen molar-refractivity contribution in [2.45, 2.75) is 0 Å². The molecule has 6 nitrogen and oxygen atoms in total. The molecule has 0 N–H and O–H groups in total. The topological polar surface area (TPSA) is 69.4 Å². The van der Waals surface area contributed by atoms with Crippen molar-refractivity contribution in [2.24, 2.45) is 0 Å². The minimum Gasteiger partial charge on any atom is -0.309 e. The summed E-state index contributed by atoms with van der Waals surface area (Å²) in [6.45, 7) is 0. The molecule has 11 aromatic rings. The zero-order valence-electron chi connectivity index (χ0n) is 37.6. The van der Waals surface area contributed by atoms with Crippen LogP contribution in [0.2, 0.25) is 0 Å². The maximum absolute atomic E-state index is 8.90. The lowest BCUT2D eigenvalue weighted by Gasteiger charge is -2.17. The Morgan fingerprint density at radius 3 is 1.44 bits per heavy atom. The van der Waals surface area contributed by atoms with E-state index in [-0.39, 0.29) is 23.3 Å². The van der Waals surface area contributed by atoms with Crippen molar-refractivity contribution >= 4 is 21.8 Å². The van der Waals surface area contributed by atoms with Gasteiger partial charge in [0.25, 0.3) is 0 Å². The Bertz CT molecular complexity index is 3560. The molecular weight excluding hydrogens is 745 g/mol. The first-order chi connectivity index (χ1) is 32.3. The van der Waals surface area contributed by atoms with Crippen LogP contribution in [0, 0.1) is 0 Å². The van der Waals surface area contributed by atoms with Gasteiger partial charge in [-0.2, -0.15) is 0 Å². The highest BCUT2D eigenvalue weighted by Crippen LogP contribution is 2.40.